The van der Waals surface area contributed by atoms with Gasteiger partial charge in [-0.15, -0.1) is 0 Å². The van der Waals surface area contributed by atoms with Crippen LogP contribution < -0.4 is 4.74 Å². The van der Waals surface area contributed by atoms with Crippen molar-refractivity contribution in [2.24, 2.45) is 4.99 Å². The number of allylic oxidation sites excluding steroid dienone is 4. The van der Waals surface area contributed by atoms with E-state index in [1.54, 1.807) is 13.0 Å². The van der Waals surface area contributed by atoms with E-state index in [1.807, 2.05) is 52.0 Å². The molecule has 0 saturated heterocycles. The Balaban J connectivity index is 2.86. The first-order chi connectivity index (χ1) is 14.0. The molecule has 0 aromatic heterocycles. The van der Waals surface area contributed by atoms with Gasteiger partial charge in [-0.25, -0.2) is 9.38 Å². The average Bonchev–Trinajstić information content (AvgIpc) is 2.66. The standard InChI is InChI=1S/C26H36FNO2/c1-10-21-13-12-14-23(26(8,9)27)25(21)30-16-15-29-20(7)28-24(11-2)22(19(5)6)17-18(3)4/h11-14,17H,3,5,10,15-16H2,1-2,4,6-9H3/b22-17-,24-11?,28-20?. The summed E-state index contributed by atoms with van der Waals surface area (Å²) in [4.78, 5) is 4.57. The van der Waals surface area contributed by atoms with Gasteiger partial charge in [0.25, 0.3) is 0 Å². The molecule has 0 fully saturated rings. The van der Waals surface area contributed by atoms with E-state index in [0.29, 0.717) is 30.4 Å². The fraction of sp³-hybridized carbons (Fsp3) is 0.423. The van der Waals surface area contributed by atoms with Gasteiger partial charge in [0.05, 0.1) is 5.70 Å². The maximum atomic E-state index is 14.6. The molecule has 0 heterocycles. The second-order valence-corrected chi connectivity index (χ2v) is 7.81. The Bertz CT molecular complexity index is 854. The van der Waals surface area contributed by atoms with Gasteiger partial charge in [0.15, 0.2) is 5.90 Å². The van der Waals surface area contributed by atoms with Crippen LogP contribution in [0.3, 0.4) is 0 Å². The third-order valence-electron chi connectivity index (χ3n) is 4.44. The topological polar surface area (TPSA) is 30.8 Å². The van der Waals surface area contributed by atoms with Gasteiger partial charge in [-0.3, -0.25) is 0 Å². The lowest BCUT2D eigenvalue weighted by molar-refractivity contribution is 0.185. The van der Waals surface area contributed by atoms with Crippen molar-refractivity contribution in [1.82, 2.24) is 0 Å². The lowest BCUT2D eigenvalue weighted by atomic mass is 9.95. The van der Waals surface area contributed by atoms with E-state index in [4.69, 9.17) is 9.47 Å². The first-order valence-electron chi connectivity index (χ1n) is 10.3. The van der Waals surface area contributed by atoms with Gasteiger partial charge < -0.3 is 9.47 Å². The van der Waals surface area contributed by atoms with Crippen LogP contribution >= 0.6 is 0 Å². The summed E-state index contributed by atoms with van der Waals surface area (Å²) < 4.78 is 26.3. The van der Waals surface area contributed by atoms with Crippen LogP contribution in [0.5, 0.6) is 5.75 Å². The van der Waals surface area contributed by atoms with Crippen LogP contribution in [0.1, 0.15) is 59.6 Å². The molecule has 0 amide bonds. The largest absolute Gasteiger partial charge is 0.489 e. The number of rotatable bonds is 10. The van der Waals surface area contributed by atoms with Crippen molar-refractivity contribution in [2.75, 3.05) is 13.2 Å². The number of hydrogen-bond donors (Lipinski definition) is 0. The quantitative estimate of drug-likeness (QED) is 0.175. The molecular formula is C26H36FNO2. The minimum Gasteiger partial charge on any atom is -0.489 e. The molecule has 4 heteroatoms. The van der Waals surface area contributed by atoms with Gasteiger partial charge in [0.1, 0.15) is 24.6 Å². The minimum absolute atomic E-state index is 0.299. The van der Waals surface area contributed by atoms with Crippen molar-refractivity contribution in [3.05, 3.63) is 77.1 Å². The first kappa shape index (κ1) is 25.4. The van der Waals surface area contributed by atoms with Crippen LogP contribution in [0.2, 0.25) is 0 Å². The molecule has 164 valence electrons. The second-order valence-electron chi connectivity index (χ2n) is 7.81. The highest BCUT2D eigenvalue weighted by Crippen LogP contribution is 2.35. The van der Waals surface area contributed by atoms with E-state index in [9.17, 15) is 4.39 Å². The molecule has 0 atom stereocenters. The van der Waals surface area contributed by atoms with Gasteiger partial charge >= 0.3 is 0 Å². The number of para-hydroxylation sites is 1. The smallest absolute Gasteiger partial charge is 0.185 e. The minimum atomic E-state index is -1.48. The molecule has 0 N–H and O–H groups in total. The first-order valence-corrected chi connectivity index (χ1v) is 10.3. The molecule has 0 aliphatic heterocycles. The summed E-state index contributed by atoms with van der Waals surface area (Å²) in [5, 5.41) is 0. The molecule has 1 aromatic rings. The van der Waals surface area contributed by atoms with Crippen LogP contribution in [0.4, 0.5) is 4.39 Å². The summed E-state index contributed by atoms with van der Waals surface area (Å²) >= 11 is 0. The molecule has 30 heavy (non-hydrogen) atoms. The lowest BCUT2D eigenvalue weighted by Gasteiger charge is -2.21. The monoisotopic (exact) mass is 413 g/mol. The van der Waals surface area contributed by atoms with Gasteiger partial charge in [-0.1, -0.05) is 56.0 Å². The molecule has 0 bridgehead atoms. The zero-order valence-electron chi connectivity index (χ0n) is 19.6. The Kier molecular flexibility index (Phi) is 9.77. The molecule has 3 nitrogen and oxygen atoms in total. The maximum Gasteiger partial charge on any atom is 0.185 e. The number of aliphatic imine (C=N–C) groups is 1. The van der Waals surface area contributed by atoms with Crippen molar-refractivity contribution < 1.29 is 13.9 Å². The van der Waals surface area contributed by atoms with Crippen LogP contribution in [-0.2, 0) is 16.8 Å². The summed E-state index contributed by atoms with van der Waals surface area (Å²) in [5.41, 5.74) is 3.60. The van der Waals surface area contributed by atoms with Crippen molar-refractivity contribution in [3.8, 4) is 5.75 Å². The number of aryl methyl sites for hydroxylation is 1. The normalized spacial score (nSPS) is 13.3. The summed E-state index contributed by atoms with van der Waals surface area (Å²) in [6.45, 7) is 21.3. The fourth-order valence-corrected chi connectivity index (χ4v) is 2.98. The highest BCUT2D eigenvalue weighted by molar-refractivity contribution is 5.75. The van der Waals surface area contributed by atoms with Crippen molar-refractivity contribution in [1.29, 1.82) is 0 Å². The molecule has 1 rings (SSSR count). The zero-order valence-corrected chi connectivity index (χ0v) is 19.6. The van der Waals surface area contributed by atoms with Crippen LogP contribution in [0.25, 0.3) is 0 Å². The van der Waals surface area contributed by atoms with E-state index >= 15 is 0 Å². The number of halogens is 1. The average molecular weight is 414 g/mol. The third kappa shape index (κ3) is 7.66. The molecule has 0 saturated carbocycles. The lowest BCUT2D eigenvalue weighted by Crippen LogP contribution is -2.16. The van der Waals surface area contributed by atoms with Crippen LogP contribution in [0.15, 0.2) is 70.9 Å². The molecule has 0 aliphatic rings. The third-order valence-corrected chi connectivity index (χ3v) is 4.44. The number of ether oxygens (including phenoxy) is 2. The fourth-order valence-electron chi connectivity index (χ4n) is 2.98. The summed E-state index contributed by atoms with van der Waals surface area (Å²) in [6.07, 6.45) is 4.64. The molecule has 0 radical (unpaired) electrons. The second kappa shape index (κ2) is 11.5. The van der Waals surface area contributed by atoms with E-state index in [-0.39, 0.29) is 0 Å². The maximum absolute atomic E-state index is 14.6. The molecule has 1 aromatic carbocycles. The van der Waals surface area contributed by atoms with E-state index in [0.717, 1.165) is 34.4 Å². The van der Waals surface area contributed by atoms with Gasteiger partial charge in [0.2, 0.25) is 0 Å². The van der Waals surface area contributed by atoms with Crippen molar-refractivity contribution >= 4 is 5.90 Å². The predicted octanol–water partition coefficient (Wildman–Crippen LogP) is 7.25. The molecule has 0 unspecified atom stereocenters. The number of benzene rings is 1. The molecule has 0 aliphatic carbocycles. The van der Waals surface area contributed by atoms with Gasteiger partial charge in [0, 0.05) is 18.1 Å². The van der Waals surface area contributed by atoms with E-state index in [1.165, 1.54) is 13.8 Å². The molecule has 0 spiro atoms. The van der Waals surface area contributed by atoms with Crippen LogP contribution in [-0.4, -0.2) is 19.1 Å². The van der Waals surface area contributed by atoms with Crippen molar-refractivity contribution in [2.45, 2.75) is 60.6 Å². The summed E-state index contributed by atoms with van der Waals surface area (Å²) in [7, 11) is 0. The highest BCUT2D eigenvalue weighted by atomic mass is 19.1. The van der Waals surface area contributed by atoms with Crippen molar-refractivity contribution in [3.63, 3.8) is 0 Å². The zero-order chi connectivity index (χ0) is 22.9. The Morgan fingerprint density at radius 2 is 1.83 bits per heavy atom. The number of nitrogens with zero attached hydrogens (tertiary/aromatic N) is 1. The summed E-state index contributed by atoms with van der Waals surface area (Å²) in [6, 6.07) is 5.60. The number of hydrogen-bond acceptors (Lipinski definition) is 3. The predicted molar refractivity (Wildman–Crippen MR) is 126 cm³/mol. The Labute approximate surface area is 181 Å². The summed E-state index contributed by atoms with van der Waals surface area (Å²) in [5.74, 6) is 1.13. The van der Waals surface area contributed by atoms with Crippen LogP contribution in [0, 0.1) is 0 Å². The Hall–Kier alpha value is -2.62. The Morgan fingerprint density at radius 3 is 2.33 bits per heavy atom. The SMILES string of the molecule is C=C(C)/C=C(/C(=C)C)C(=CC)N=C(C)OCCOc1c(CC)cccc1C(C)(C)F. The van der Waals surface area contributed by atoms with Gasteiger partial charge in [-0.2, -0.15) is 0 Å². The Morgan fingerprint density at radius 1 is 1.17 bits per heavy atom. The van der Waals surface area contributed by atoms with Gasteiger partial charge in [-0.05, 0) is 52.2 Å². The molecular weight excluding hydrogens is 377 g/mol. The van der Waals surface area contributed by atoms with E-state index < -0.39 is 5.67 Å². The van der Waals surface area contributed by atoms with E-state index in [2.05, 4.69) is 18.2 Å². The number of alkyl halides is 1. The highest BCUT2D eigenvalue weighted by Gasteiger charge is 2.25.